The Bertz CT molecular complexity index is 1030. The van der Waals surface area contributed by atoms with Crippen molar-refractivity contribution in [3.05, 3.63) is 24.3 Å². The number of carbonyl (C=O) groups is 2. The number of hydrogen-bond donors (Lipinski definition) is 0. The highest BCUT2D eigenvalue weighted by Gasteiger charge is 2.30. The maximum atomic E-state index is 12.5. The summed E-state index contributed by atoms with van der Waals surface area (Å²) in [5.74, 6) is 0.744. The molecule has 2 atom stereocenters. The van der Waals surface area contributed by atoms with E-state index in [1.54, 1.807) is 42.3 Å². The van der Waals surface area contributed by atoms with Crippen LogP contribution in [0, 0.1) is 5.92 Å². The van der Waals surface area contributed by atoms with Gasteiger partial charge in [0.1, 0.15) is 6.61 Å². The molecular weight excluding hydrogens is 462 g/mol. The van der Waals surface area contributed by atoms with E-state index < -0.39 is 0 Å². The standard InChI is InChI=1S/C26H37N5O5/c1-17(2)35-25(32)18-8-7-11-20(12-18)36-21-13-27-24(28-14-21)22-15-29-31(4)23(22)16-34-26(33)30(3)19-9-5-6-10-19/h13-15,17-20H,5-12,16H2,1-4H3/t18-,20-/m0/s1. The molecule has 0 saturated heterocycles. The van der Waals surface area contributed by atoms with Crippen LogP contribution in [0.15, 0.2) is 18.6 Å². The van der Waals surface area contributed by atoms with Gasteiger partial charge in [-0.3, -0.25) is 9.48 Å². The predicted octanol–water partition coefficient (Wildman–Crippen LogP) is 4.28. The fourth-order valence-electron chi connectivity index (χ4n) is 5.00. The summed E-state index contributed by atoms with van der Waals surface area (Å²) in [5, 5.41) is 4.31. The molecule has 0 unspecified atom stereocenters. The third-order valence-corrected chi connectivity index (χ3v) is 7.04. The minimum atomic E-state index is -0.332. The molecule has 2 aliphatic carbocycles. The van der Waals surface area contributed by atoms with Crippen LogP contribution < -0.4 is 4.74 Å². The van der Waals surface area contributed by atoms with Crippen LogP contribution in [0.2, 0.25) is 0 Å². The van der Waals surface area contributed by atoms with E-state index >= 15 is 0 Å². The second kappa shape index (κ2) is 11.7. The number of amides is 1. The summed E-state index contributed by atoms with van der Waals surface area (Å²) < 4.78 is 18.7. The predicted molar refractivity (Wildman–Crippen MR) is 132 cm³/mol. The molecule has 2 heterocycles. The van der Waals surface area contributed by atoms with E-state index in [9.17, 15) is 9.59 Å². The van der Waals surface area contributed by atoms with Gasteiger partial charge in [0.15, 0.2) is 11.6 Å². The first kappa shape index (κ1) is 25.9. The molecular formula is C26H37N5O5. The molecule has 0 radical (unpaired) electrons. The highest BCUT2D eigenvalue weighted by Crippen LogP contribution is 2.29. The van der Waals surface area contributed by atoms with Crippen molar-refractivity contribution < 1.29 is 23.8 Å². The zero-order valence-electron chi connectivity index (χ0n) is 21.7. The highest BCUT2D eigenvalue weighted by atomic mass is 16.6. The average molecular weight is 500 g/mol. The molecule has 2 aliphatic rings. The summed E-state index contributed by atoms with van der Waals surface area (Å²) in [4.78, 5) is 35.5. The van der Waals surface area contributed by atoms with Crippen LogP contribution >= 0.6 is 0 Å². The molecule has 2 fully saturated rings. The first-order valence-electron chi connectivity index (χ1n) is 12.9. The van der Waals surface area contributed by atoms with Crippen LogP contribution in [0.1, 0.15) is 70.9 Å². The van der Waals surface area contributed by atoms with Crippen LogP contribution in [0.25, 0.3) is 11.4 Å². The maximum Gasteiger partial charge on any atom is 0.410 e. The lowest BCUT2D eigenvalue weighted by Crippen LogP contribution is -2.35. The van der Waals surface area contributed by atoms with Crippen molar-refractivity contribution >= 4 is 12.1 Å². The molecule has 0 bridgehead atoms. The number of aromatic nitrogens is 4. The van der Waals surface area contributed by atoms with Gasteiger partial charge in [-0.05, 0) is 52.4 Å². The molecule has 10 nitrogen and oxygen atoms in total. The quantitative estimate of drug-likeness (QED) is 0.495. The molecule has 196 valence electrons. The SMILES string of the molecule is CC(C)OC(=O)[C@H]1CCC[C@H](Oc2cnc(-c3cnn(C)c3COC(=O)N(C)C3CCCC3)nc2)C1. The normalized spacial score (nSPS) is 20.4. The highest BCUT2D eigenvalue weighted by molar-refractivity contribution is 5.72. The number of ether oxygens (including phenoxy) is 3. The monoisotopic (exact) mass is 499 g/mol. The minimum Gasteiger partial charge on any atom is -0.487 e. The van der Waals surface area contributed by atoms with Crippen molar-refractivity contribution in [3.8, 4) is 17.1 Å². The van der Waals surface area contributed by atoms with Crippen LogP contribution in [-0.2, 0) is 27.9 Å². The van der Waals surface area contributed by atoms with Gasteiger partial charge in [0.05, 0.1) is 48.0 Å². The van der Waals surface area contributed by atoms with Crippen LogP contribution in [-0.4, -0.2) is 62.0 Å². The summed E-state index contributed by atoms with van der Waals surface area (Å²) in [7, 11) is 3.60. The van der Waals surface area contributed by atoms with Gasteiger partial charge in [0.2, 0.25) is 0 Å². The zero-order valence-corrected chi connectivity index (χ0v) is 21.7. The molecule has 2 aromatic rings. The third-order valence-electron chi connectivity index (χ3n) is 7.04. The lowest BCUT2D eigenvalue weighted by atomic mass is 9.87. The summed E-state index contributed by atoms with van der Waals surface area (Å²) >= 11 is 0. The number of carbonyl (C=O) groups excluding carboxylic acids is 2. The lowest BCUT2D eigenvalue weighted by molar-refractivity contribution is -0.154. The first-order chi connectivity index (χ1) is 17.3. The smallest absolute Gasteiger partial charge is 0.410 e. The molecule has 1 amide bonds. The number of hydrogen-bond acceptors (Lipinski definition) is 8. The van der Waals surface area contributed by atoms with Crippen LogP contribution in [0.4, 0.5) is 4.79 Å². The Hall–Kier alpha value is -3.17. The number of rotatable bonds is 8. The van der Waals surface area contributed by atoms with Gasteiger partial charge in [-0.15, -0.1) is 0 Å². The average Bonchev–Trinajstić information content (AvgIpc) is 3.52. The molecule has 0 aromatic carbocycles. The zero-order chi connectivity index (χ0) is 25.7. The first-order valence-corrected chi connectivity index (χ1v) is 12.9. The van der Waals surface area contributed by atoms with Gasteiger partial charge in [-0.2, -0.15) is 5.10 Å². The molecule has 2 saturated carbocycles. The van der Waals surface area contributed by atoms with E-state index in [0.717, 1.165) is 50.6 Å². The van der Waals surface area contributed by atoms with Gasteiger partial charge in [0.25, 0.3) is 0 Å². The largest absolute Gasteiger partial charge is 0.487 e. The molecule has 36 heavy (non-hydrogen) atoms. The van der Waals surface area contributed by atoms with Crippen molar-refractivity contribution in [1.82, 2.24) is 24.6 Å². The Morgan fingerprint density at radius 3 is 2.50 bits per heavy atom. The van der Waals surface area contributed by atoms with Crippen molar-refractivity contribution in [1.29, 1.82) is 0 Å². The van der Waals surface area contributed by atoms with E-state index in [1.807, 2.05) is 13.8 Å². The van der Waals surface area contributed by atoms with E-state index in [1.165, 1.54) is 0 Å². The topological polar surface area (TPSA) is 109 Å². The maximum absolute atomic E-state index is 12.5. The summed E-state index contributed by atoms with van der Waals surface area (Å²) in [6, 6.07) is 0.250. The molecule has 0 spiro atoms. The summed E-state index contributed by atoms with van der Waals surface area (Å²) in [5.41, 5.74) is 1.42. The Balaban J connectivity index is 1.35. The van der Waals surface area contributed by atoms with Crippen molar-refractivity contribution in [2.75, 3.05) is 7.05 Å². The summed E-state index contributed by atoms with van der Waals surface area (Å²) in [6.45, 7) is 3.81. The van der Waals surface area contributed by atoms with Gasteiger partial charge in [-0.25, -0.2) is 14.8 Å². The summed E-state index contributed by atoms with van der Waals surface area (Å²) in [6.07, 6.45) is 12.0. The molecule has 4 rings (SSSR count). The van der Waals surface area contributed by atoms with Crippen LogP contribution in [0.3, 0.4) is 0 Å². The second-order valence-corrected chi connectivity index (χ2v) is 10.1. The Morgan fingerprint density at radius 2 is 1.81 bits per heavy atom. The third kappa shape index (κ3) is 6.33. The van der Waals surface area contributed by atoms with Gasteiger partial charge in [-0.1, -0.05) is 12.8 Å². The van der Waals surface area contributed by atoms with Crippen molar-refractivity contribution in [3.63, 3.8) is 0 Å². The second-order valence-electron chi connectivity index (χ2n) is 10.1. The van der Waals surface area contributed by atoms with Crippen LogP contribution in [0.5, 0.6) is 5.75 Å². The molecule has 10 heteroatoms. The minimum absolute atomic E-state index is 0.0804. The Labute approximate surface area is 212 Å². The molecule has 0 N–H and O–H groups in total. The number of esters is 1. The van der Waals surface area contributed by atoms with E-state index in [-0.39, 0.29) is 42.8 Å². The Morgan fingerprint density at radius 1 is 1.08 bits per heavy atom. The number of aryl methyl sites for hydroxylation is 1. The fourth-order valence-corrected chi connectivity index (χ4v) is 5.00. The fraction of sp³-hybridized carbons (Fsp3) is 0.654. The van der Waals surface area contributed by atoms with E-state index in [2.05, 4.69) is 15.1 Å². The van der Waals surface area contributed by atoms with Crippen molar-refractivity contribution in [2.45, 2.75) is 90.1 Å². The van der Waals surface area contributed by atoms with Gasteiger partial charge >= 0.3 is 12.1 Å². The number of nitrogens with zero attached hydrogens (tertiary/aromatic N) is 5. The molecule has 2 aromatic heterocycles. The van der Waals surface area contributed by atoms with Crippen molar-refractivity contribution in [2.24, 2.45) is 13.0 Å². The van der Waals surface area contributed by atoms with Gasteiger partial charge < -0.3 is 19.1 Å². The lowest BCUT2D eigenvalue weighted by Gasteiger charge is -2.28. The van der Waals surface area contributed by atoms with E-state index in [4.69, 9.17) is 14.2 Å². The Kier molecular flexibility index (Phi) is 8.43. The molecule has 0 aliphatic heterocycles. The van der Waals surface area contributed by atoms with E-state index in [0.29, 0.717) is 23.6 Å². The van der Waals surface area contributed by atoms with Gasteiger partial charge in [0, 0.05) is 20.1 Å².